The largest absolute Gasteiger partial charge is 0.386 e. The highest BCUT2D eigenvalue weighted by atomic mass is 16.5. The summed E-state index contributed by atoms with van der Waals surface area (Å²) in [7, 11) is 0. The number of benzene rings is 2. The van der Waals surface area contributed by atoms with E-state index in [0.717, 1.165) is 67.9 Å². The zero-order valence-corrected chi connectivity index (χ0v) is 23.2. The minimum absolute atomic E-state index is 0.354. The van der Waals surface area contributed by atoms with Crippen LogP contribution in [0.1, 0.15) is 79.4 Å². The number of nitrogens with zero attached hydrogens (tertiary/aromatic N) is 3. The molecule has 5 nitrogen and oxygen atoms in total. The van der Waals surface area contributed by atoms with E-state index in [4.69, 9.17) is 9.84 Å². The van der Waals surface area contributed by atoms with Gasteiger partial charge in [0.25, 0.3) is 0 Å². The zero-order valence-electron chi connectivity index (χ0n) is 23.2. The Bertz CT molecular complexity index is 1180. The lowest BCUT2D eigenvalue weighted by atomic mass is 9.93. The molecule has 1 aromatic heterocycles. The fourth-order valence-corrected chi connectivity index (χ4v) is 5.64. The molecule has 0 saturated carbocycles. The lowest BCUT2D eigenvalue weighted by Crippen LogP contribution is -2.43. The van der Waals surface area contributed by atoms with Gasteiger partial charge >= 0.3 is 0 Å². The van der Waals surface area contributed by atoms with Crippen LogP contribution in [0, 0.1) is 13.8 Å². The van der Waals surface area contributed by atoms with Gasteiger partial charge in [0.05, 0.1) is 23.6 Å². The van der Waals surface area contributed by atoms with Gasteiger partial charge in [0, 0.05) is 37.0 Å². The molecule has 0 bridgehead atoms. The average molecular weight is 490 g/mol. The molecule has 0 aliphatic carbocycles. The van der Waals surface area contributed by atoms with Gasteiger partial charge in [0.1, 0.15) is 0 Å². The summed E-state index contributed by atoms with van der Waals surface area (Å²) < 4.78 is 8.11. The maximum absolute atomic E-state index is 10.6. The molecule has 1 aliphatic heterocycles. The summed E-state index contributed by atoms with van der Waals surface area (Å²) in [5, 5.41) is 15.8. The Morgan fingerprint density at radius 1 is 1.03 bits per heavy atom. The van der Waals surface area contributed by atoms with Crippen molar-refractivity contribution in [3.63, 3.8) is 0 Å². The van der Waals surface area contributed by atoms with E-state index in [1.807, 2.05) is 13.8 Å². The minimum atomic E-state index is -0.869. The van der Waals surface area contributed by atoms with Crippen LogP contribution in [0.15, 0.2) is 36.4 Å². The lowest BCUT2D eigenvalue weighted by molar-refractivity contribution is 0.0511. The molecule has 0 radical (unpaired) electrons. The first-order valence-corrected chi connectivity index (χ1v) is 13.5. The van der Waals surface area contributed by atoms with Crippen molar-refractivity contribution in [2.75, 3.05) is 13.2 Å². The maximum Gasteiger partial charge on any atom is 0.0840 e. The molecule has 1 aliphatic rings. The van der Waals surface area contributed by atoms with E-state index >= 15 is 0 Å². The van der Waals surface area contributed by atoms with Crippen molar-refractivity contribution in [2.24, 2.45) is 0 Å². The second kappa shape index (κ2) is 10.9. The molecule has 0 fully saturated rings. The van der Waals surface area contributed by atoms with Gasteiger partial charge < -0.3 is 9.84 Å². The van der Waals surface area contributed by atoms with Gasteiger partial charge in [-0.25, -0.2) is 4.68 Å². The van der Waals surface area contributed by atoms with Crippen molar-refractivity contribution < 1.29 is 9.84 Å². The van der Waals surface area contributed by atoms with Crippen LogP contribution in [0.5, 0.6) is 0 Å². The Hall–Kier alpha value is -2.47. The molecule has 0 saturated heterocycles. The second-order valence-electron chi connectivity index (χ2n) is 10.7. The van der Waals surface area contributed by atoms with Crippen LogP contribution in [-0.4, -0.2) is 39.0 Å². The van der Waals surface area contributed by atoms with Crippen LogP contribution < -0.4 is 0 Å². The van der Waals surface area contributed by atoms with E-state index in [0.29, 0.717) is 6.04 Å². The molecule has 36 heavy (non-hydrogen) atoms. The van der Waals surface area contributed by atoms with Crippen LogP contribution >= 0.6 is 0 Å². The number of ether oxygens (including phenoxy) is 1. The van der Waals surface area contributed by atoms with Crippen LogP contribution in [0.3, 0.4) is 0 Å². The lowest BCUT2D eigenvalue weighted by Gasteiger charge is -2.37. The smallest absolute Gasteiger partial charge is 0.0840 e. The Morgan fingerprint density at radius 2 is 1.69 bits per heavy atom. The molecule has 2 aromatic carbocycles. The second-order valence-corrected chi connectivity index (χ2v) is 10.7. The Morgan fingerprint density at radius 3 is 2.28 bits per heavy atom. The number of hydrogen-bond donors (Lipinski definition) is 1. The Balaban J connectivity index is 1.75. The SMILES string of the molecule is CCOCC1Cc2ccccc2CN1Cc1c(CC)nn(-c2c(C)cc(C(C)(C)O)cc2C)c1CC. The van der Waals surface area contributed by atoms with Gasteiger partial charge in [0.2, 0.25) is 0 Å². The highest BCUT2D eigenvalue weighted by Crippen LogP contribution is 2.32. The average Bonchev–Trinajstić information content (AvgIpc) is 3.18. The van der Waals surface area contributed by atoms with Gasteiger partial charge in [-0.1, -0.05) is 50.2 Å². The highest BCUT2D eigenvalue weighted by molar-refractivity contribution is 5.52. The molecule has 1 atom stereocenters. The maximum atomic E-state index is 10.6. The first-order valence-electron chi connectivity index (χ1n) is 13.5. The van der Waals surface area contributed by atoms with Gasteiger partial charge in [-0.15, -0.1) is 0 Å². The summed E-state index contributed by atoms with van der Waals surface area (Å²) in [6, 6.07) is 13.4. The molecule has 194 valence electrons. The van der Waals surface area contributed by atoms with E-state index in [2.05, 4.69) is 80.6 Å². The number of aromatic nitrogens is 2. The van der Waals surface area contributed by atoms with Gasteiger partial charge in [-0.3, -0.25) is 4.90 Å². The molecule has 0 spiro atoms. The summed E-state index contributed by atoms with van der Waals surface area (Å²) in [5.41, 5.74) is 10.1. The number of fused-ring (bicyclic) bond motifs is 1. The number of rotatable bonds is 9. The molecule has 1 unspecified atom stereocenters. The summed E-state index contributed by atoms with van der Waals surface area (Å²) in [4.78, 5) is 2.59. The molecular formula is C31H43N3O2. The fraction of sp³-hybridized carbons (Fsp3) is 0.516. The fourth-order valence-electron chi connectivity index (χ4n) is 5.64. The van der Waals surface area contributed by atoms with Crippen LogP contribution in [-0.2, 0) is 42.7 Å². The van der Waals surface area contributed by atoms with E-state index in [1.165, 1.54) is 28.1 Å². The molecule has 1 N–H and O–H groups in total. The number of aryl methyl sites for hydroxylation is 3. The van der Waals surface area contributed by atoms with Crippen molar-refractivity contribution in [3.05, 3.63) is 81.2 Å². The monoisotopic (exact) mass is 489 g/mol. The summed E-state index contributed by atoms with van der Waals surface area (Å²) >= 11 is 0. The third-order valence-corrected chi connectivity index (χ3v) is 7.59. The summed E-state index contributed by atoms with van der Waals surface area (Å²) in [6.07, 6.45) is 2.83. The normalized spacial score (nSPS) is 16.4. The summed E-state index contributed by atoms with van der Waals surface area (Å²) in [6.45, 7) is 17.7. The van der Waals surface area contributed by atoms with E-state index in [-0.39, 0.29) is 0 Å². The first-order chi connectivity index (χ1) is 17.2. The van der Waals surface area contributed by atoms with Crippen molar-refractivity contribution >= 4 is 0 Å². The molecule has 5 heteroatoms. The van der Waals surface area contributed by atoms with Crippen molar-refractivity contribution in [1.29, 1.82) is 0 Å². The Labute approximate surface area is 217 Å². The van der Waals surface area contributed by atoms with E-state index in [1.54, 1.807) is 0 Å². The zero-order chi connectivity index (χ0) is 26.0. The van der Waals surface area contributed by atoms with Gasteiger partial charge in [0.15, 0.2) is 0 Å². The molecule has 2 heterocycles. The van der Waals surface area contributed by atoms with E-state index < -0.39 is 5.60 Å². The molecule has 0 amide bonds. The number of hydrogen-bond acceptors (Lipinski definition) is 4. The standard InChI is InChI=1S/C31H43N3O2/c1-8-28-27(19-33-18-24-14-12-11-13-23(24)17-26(33)20-36-10-3)29(9-2)34(32-28)30-21(4)15-25(16-22(30)5)31(6,7)35/h11-16,26,35H,8-10,17-20H2,1-7H3. The Kier molecular flexibility index (Phi) is 8.03. The van der Waals surface area contributed by atoms with Crippen LogP contribution in [0.4, 0.5) is 0 Å². The van der Waals surface area contributed by atoms with Crippen molar-refractivity contribution in [2.45, 2.75) is 92.5 Å². The van der Waals surface area contributed by atoms with Crippen molar-refractivity contribution in [1.82, 2.24) is 14.7 Å². The predicted molar refractivity (Wildman–Crippen MR) is 147 cm³/mol. The van der Waals surface area contributed by atoms with E-state index in [9.17, 15) is 5.11 Å². The third kappa shape index (κ3) is 5.29. The third-order valence-electron chi connectivity index (χ3n) is 7.59. The quantitative estimate of drug-likeness (QED) is 0.412. The molecule has 3 aromatic rings. The van der Waals surface area contributed by atoms with Gasteiger partial charge in [-0.2, -0.15) is 5.10 Å². The summed E-state index contributed by atoms with van der Waals surface area (Å²) in [5.74, 6) is 0. The molecular weight excluding hydrogens is 446 g/mol. The highest BCUT2D eigenvalue weighted by Gasteiger charge is 2.29. The predicted octanol–water partition coefficient (Wildman–Crippen LogP) is 5.80. The minimum Gasteiger partial charge on any atom is -0.386 e. The van der Waals surface area contributed by atoms with Crippen LogP contribution in [0.25, 0.3) is 5.69 Å². The van der Waals surface area contributed by atoms with Crippen molar-refractivity contribution in [3.8, 4) is 5.69 Å². The molecule has 4 rings (SSSR count). The number of aliphatic hydroxyl groups is 1. The topological polar surface area (TPSA) is 50.5 Å². The first kappa shape index (κ1) is 26.6. The van der Waals surface area contributed by atoms with Crippen LogP contribution in [0.2, 0.25) is 0 Å². The van der Waals surface area contributed by atoms with Gasteiger partial charge in [-0.05, 0) is 81.7 Å².